The monoisotopic (exact) mass is 265 g/mol. The summed E-state index contributed by atoms with van der Waals surface area (Å²) in [5, 5.41) is 16.9. The number of aliphatic hydroxyl groups is 1. The summed E-state index contributed by atoms with van der Waals surface area (Å²) in [6.45, 7) is 2.56. The molecule has 2 rings (SSSR count). The lowest BCUT2D eigenvalue weighted by molar-refractivity contribution is -0.121. The van der Waals surface area contributed by atoms with Crippen LogP contribution in [-0.4, -0.2) is 33.4 Å². The van der Waals surface area contributed by atoms with Gasteiger partial charge in [0.15, 0.2) is 0 Å². The fourth-order valence-corrected chi connectivity index (χ4v) is 2.73. The molecule has 1 aromatic heterocycles. The van der Waals surface area contributed by atoms with Crippen molar-refractivity contribution in [2.24, 2.45) is 13.0 Å². The van der Waals surface area contributed by atoms with Crippen LogP contribution in [-0.2, 0) is 18.3 Å². The highest BCUT2D eigenvalue weighted by Crippen LogP contribution is 2.24. The van der Waals surface area contributed by atoms with Crippen LogP contribution in [0.3, 0.4) is 0 Å². The smallest absolute Gasteiger partial charge is 0.220 e. The standard InChI is InChI=1S/C14H23N3O2/c1-10-12(9-17(2)16-10)6-7-14(19)15-8-11-4-3-5-13(11)18/h9,11,13,18H,3-8H2,1-2H3,(H,15,19). The number of carbonyl (C=O) groups excluding carboxylic acids is 1. The van der Waals surface area contributed by atoms with Gasteiger partial charge in [0.25, 0.3) is 0 Å². The van der Waals surface area contributed by atoms with E-state index in [1.54, 1.807) is 4.68 Å². The highest BCUT2D eigenvalue weighted by Gasteiger charge is 2.25. The molecule has 0 radical (unpaired) electrons. The van der Waals surface area contributed by atoms with E-state index in [1.807, 2.05) is 20.2 Å². The average molecular weight is 265 g/mol. The lowest BCUT2D eigenvalue weighted by atomic mass is 10.1. The molecule has 1 heterocycles. The topological polar surface area (TPSA) is 67.2 Å². The predicted molar refractivity (Wildman–Crippen MR) is 72.6 cm³/mol. The van der Waals surface area contributed by atoms with Crippen molar-refractivity contribution in [3.05, 3.63) is 17.5 Å². The zero-order chi connectivity index (χ0) is 13.8. The van der Waals surface area contributed by atoms with Crippen molar-refractivity contribution in [3.63, 3.8) is 0 Å². The number of hydrogen-bond donors (Lipinski definition) is 2. The number of hydrogen-bond acceptors (Lipinski definition) is 3. The van der Waals surface area contributed by atoms with Gasteiger partial charge in [-0.2, -0.15) is 5.10 Å². The second kappa shape index (κ2) is 6.19. The van der Waals surface area contributed by atoms with Crippen molar-refractivity contribution < 1.29 is 9.90 Å². The number of aliphatic hydroxyl groups excluding tert-OH is 1. The van der Waals surface area contributed by atoms with E-state index < -0.39 is 0 Å². The Morgan fingerprint density at radius 3 is 2.95 bits per heavy atom. The number of nitrogens with zero attached hydrogens (tertiary/aromatic N) is 2. The number of carbonyl (C=O) groups is 1. The first kappa shape index (κ1) is 14.1. The Hall–Kier alpha value is -1.36. The van der Waals surface area contributed by atoms with Gasteiger partial charge in [0.05, 0.1) is 11.8 Å². The lowest BCUT2D eigenvalue weighted by Crippen LogP contribution is -2.32. The highest BCUT2D eigenvalue weighted by atomic mass is 16.3. The average Bonchev–Trinajstić information content (AvgIpc) is 2.90. The molecule has 0 spiro atoms. The molecule has 0 bridgehead atoms. The third-order valence-electron chi connectivity index (χ3n) is 3.92. The van der Waals surface area contributed by atoms with Crippen LogP contribution in [0.2, 0.25) is 0 Å². The third-order valence-corrected chi connectivity index (χ3v) is 3.92. The van der Waals surface area contributed by atoms with Gasteiger partial charge >= 0.3 is 0 Å². The van der Waals surface area contributed by atoms with Crippen molar-refractivity contribution in [1.29, 1.82) is 0 Å². The van der Waals surface area contributed by atoms with Gasteiger partial charge in [0.2, 0.25) is 5.91 Å². The maximum absolute atomic E-state index is 11.8. The molecular weight excluding hydrogens is 242 g/mol. The fraction of sp³-hybridized carbons (Fsp3) is 0.714. The normalized spacial score (nSPS) is 22.7. The van der Waals surface area contributed by atoms with Gasteiger partial charge in [-0.3, -0.25) is 9.48 Å². The van der Waals surface area contributed by atoms with Crippen LogP contribution in [0.4, 0.5) is 0 Å². The first-order chi connectivity index (χ1) is 9.06. The number of rotatable bonds is 5. The molecule has 5 nitrogen and oxygen atoms in total. The summed E-state index contributed by atoms with van der Waals surface area (Å²) in [7, 11) is 1.89. The van der Waals surface area contributed by atoms with Gasteiger partial charge in [-0.25, -0.2) is 0 Å². The van der Waals surface area contributed by atoms with Crippen molar-refractivity contribution in [3.8, 4) is 0 Å². The molecule has 106 valence electrons. The first-order valence-electron chi connectivity index (χ1n) is 7.00. The summed E-state index contributed by atoms with van der Waals surface area (Å²) in [4.78, 5) is 11.8. The fourth-order valence-electron chi connectivity index (χ4n) is 2.73. The molecule has 1 amide bonds. The lowest BCUT2D eigenvalue weighted by Gasteiger charge is -2.14. The van der Waals surface area contributed by atoms with E-state index in [1.165, 1.54) is 0 Å². The van der Waals surface area contributed by atoms with Crippen LogP contribution in [0.1, 0.15) is 36.9 Å². The second-order valence-corrected chi connectivity index (χ2v) is 5.48. The van der Waals surface area contributed by atoms with E-state index in [4.69, 9.17) is 0 Å². The van der Waals surface area contributed by atoms with Crippen molar-refractivity contribution >= 4 is 5.91 Å². The van der Waals surface area contributed by atoms with Gasteiger partial charge in [0, 0.05) is 32.1 Å². The summed E-state index contributed by atoms with van der Waals surface area (Å²) >= 11 is 0. The minimum Gasteiger partial charge on any atom is -0.393 e. The van der Waals surface area contributed by atoms with Gasteiger partial charge in [0.1, 0.15) is 0 Å². The predicted octanol–water partition coefficient (Wildman–Crippen LogP) is 0.938. The minimum atomic E-state index is -0.235. The molecule has 19 heavy (non-hydrogen) atoms. The van der Waals surface area contributed by atoms with Gasteiger partial charge in [-0.1, -0.05) is 6.42 Å². The van der Waals surface area contributed by atoms with E-state index in [9.17, 15) is 9.90 Å². The number of nitrogens with one attached hydrogen (secondary N) is 1. The maximum Gasteiger partial charge on any atom is 0.220 e. The Bertz CT molecular complexity index is 442. The molecule has 0 aliphatic heterocycles. The molecule has 1 saturated carbocycles. The highest BCUT2D eigenvalue weighted by molar-refractivity contribution is 5.76. The molecule has 1 fully saturated rings. The van der Waals surface area contributed by atoms with E-state index in [2.05, 4.69) is 10.4 Å². The molecule has 2 unspecified atom stereocenters. The Morgan fingerprint density at radius 2 is 2.37 bits per heavy atom. The van der Waals surface area contributed by atoms with Crippen molar-refractivity contribution in [2.45, 2.75) is 45.1 Å². The summed E-state index contributed by atoms with van der Waals surface area (Å²) < 4.78 is 1.78. The molecule has 0 aromatic carbocycles. The zero-order valence-corrected chi connectivity index (χ0v) is 11.7. The summed E-state index contributed by atoms with van der Waals surface area (Å²) in [5.74, 6) is 0.298. The van der Waals surface area contributed by atoms with E-state index in [0.717, 1.165) is 36.9 Å². The molecule has 1 aliphatic rings. The molecular formula is C14H23N3O2. The summed E-state index contributed by atoms with van der Waals surface area (Å²) in [6.07, 6.45) is 5.88. The minimum absolute atomic E-state index is 0.0577. The second-order valence-electron chi connectivity index (χ2n) is 5.48. The molecule has 1 aliphatic carbocycles. The first-order valence-corrected chi connectivity index (χ1v) is 7.00. The molecule has 1 aromatic rings. The van der Waals surface area contributed by atoms with Crippen molar-refractivity contribution in [2.75, 3.05) is 6.54 Å². The van der Waals surface area contributed by atoms with E-state index >= 15 is 0 Å². The molecule has 2 N–H and O–H groups in total. The number of aryl methyl sites for hydroxylation is 3. The third kappa shape index (κ3) is 3.80. The van der Waals surface area contributed by atoms with Crippen molar-refractivity contribution in [1.82, 2.24) is 15.1 Å². The van der Waals surface area contributed by atoms with Crippen LogP contribution < -0.4 is 5.32 Å². The SMILES string of the molecule is Cc1nn(C)cc1CCC(=O)NCC1CCCC1O. The maximum atomic E-state index is 11.8. The molecule has 5 heteroatoms. The van der Waals surface area contributed by atoms with Crippen LogP contribution in [0.5, 0.6) is 0 Å². The van der Waals surface area contributed by atoms with E-state index in [0.29, 0.717) is 13.0 Å². The molecule has 0 saturated heterocycles. The largest absolute Gasteiger partial charge is 0.393 e. The summed E-state index contributed by atoms with van der Waals surface area (Å²) in [6, 6.07) is 0. The van der Waals surface area contributed by atoms with Gasteiger partial charge < -0.3 is 10.4 Å². The zero-order valence-electron chi connectivity index (χ0n) is 11.7. The van der Waals surface area contributed by atoms with E-state index in [-0.39, 0.29) is 17.9 Å². The van der Waals surface area contributed by atoms with Crippen LogP contribution in [0.25, 0.3) is 0 Å². The molecule has 2 atom stereocenters. The van der Waals surface area contributed by atoms with Gasteiger partial charge in [-0.15, -0.1) is 0 Å². The number of amides is 1. The van der Waals surface area contributed by atoms with Crippen LogP contribution >= 0.6 is 0 Å². The Labute approximate surface area is 114 Å². The Morgan fingerprint density at radius 1 is 1.58 bits per heavy atom. The van der Waals surface area contributed by atoms with Crippen LogP contribution in [0.15, 0.2) is 6.20 Å². The number of aromatic nitrogens is 2. The van der Waals surface area contributed by atoms with Crippen LogP contribution in [0, 0.1) is 12.8 Å². The quantitative estimate of drug-likeness (QED) is 0.832. The Kier molecular flexibility index (Phi) is 4.58. The summed E-state index contributed by atoms with van der Waals surface area (Å²) in [5.41, 5.74) is 2.11. The van der Waals surface area contributed by atoms with Gasteiger partial charge in [-0.05, 0) is 31.7 Å². The Balaban J connectivity index is 1.71.